The minimum atomic E-state index is 0.475. The van der Waals surface area contributed by atoms with E-state index in [1.165, 1.54) is 6.33 Å². The first-order valence-electron chi connectivity index (χ1n) is 6.38. The summed E-state index contributed by atoms with van der Waals surface area (Å²) in [7, 11) is 0. The van der Waals surface area contributed by atoms with Crippen LogP contribution in [-0.4, -0.2) is 9.97 Å². The van der Waals surface area contributed by atoms with Gasteiger partial charge in [-0.05, 0) is 18.6 Å². The molecule has 3 nitrogen and oxygen atoms in total. The maximum atomic E-state index is 6.17. The van der Waals surface area contributed by atoms with Crippen molar-refractivity contribution in [3.8, 4) is 11.5 Å². The van der Waals surface area contributed by atoms with E-state index in [2.05, 4.69) is 16.9 Å². The van der Waals surface area contributed by atoms with Crippen molar-refractivity contribution in [2.24, 2.45) is 0 Å². The Morgan fingerprint density at radius 1 is 1.20 bits per heavy atom. The largest absolute Gasteiger partial charge is 0.453 e. The van der Waals surface area contributed by atoms with E-state index in [1.54, 1.807) is 6.07 Å². The second-order valence-corrected chi connectivity index (χ2v) is 5.28. The molecule has 0 N–H and O–H groups in total. The first kappa shape index (κ1) is 13.4. The molecule has 0 aliphatic carbocycles. The lowest BCUT2D eigenvalue weighted by molar-refractivity contribution is 0.626. The molecule has 3 aromatic rings. The summed E-state index contributed by atoms with van der Waals surface area (Å²) in [5, 5.41) is 2.01. The summed E-state index contributed by atoms with van der Waals surface area (Å²) < 4.78 is 5.85. The van der Waals surface area contributed by atoms with Crippen LogP contribution in [0.4, 0.5) is 0 Å². The fourth-order valence-corrected chi connectivity index (χ4v) is 2.67. The van der Waals surface area contributed by atoms with Crippen LogP contribution in [0.15, 0.2) is 35.0 Å². The lowest BCUT2D eigenvalue weighted by Crippen LogP contribution is -1.95. The second kappa shape index (κ2) is 5.43. The Morgan fingerprint density at radius 3 is 2.80 bits per heavy atom. The number of rotatable bonds is 3. The third-order valence-electron chi connectivity index (χ3n) is 3.12. The molecule has 5 heteroatoms. The van der Waals surface area contributed by atoms with E-state index in [4.69, 9.17) is 27.6 Å². The summed E-state index contributed by atoms with van der Waals surface area (Å²) in [6.07, 6.45) is 3.21. The van der Waals surface area contributed by atoms with E-state index in [0.29, 0.717) is 21.5 Å². The lowest BCUT2D eigenvalue weighted by atomic mass is 10.1. The molecule has 2 aromatic heterocycles. The summed E-state index contributed by atoms with van der Waals surface area (Å²) in [6.45, 7) is 2.09. The smallest absolute Gasteiger partial charge is 0.154 e. The maximum absolute atomic E-state index is 6.17. The number of nitrogens with zero attached hydrogens (tertiary/aromatic N) is 2. The van der Waals surface area contributed by atoms with Crippen molar-refractivity contribution in [1.82, 2.24) is 9.97 Å². The van der Waals surface area contributed by atoms with Crippen LogP contribution in [0.1, 0.15) is 18.9 Å². The second-order valence-electron chi connectivity index (χ2n) is 4.51. The number of furan rings is 1. The highest BCUT2D eigenvalue weighted by Crippen LogP contribution is 2.34. The number of halogens is 2. The van der Waals surface area contributed by atoms with Crippen LogP contribution in [0, 0.1) is 0 Å². The van der Waals surface area contributed by atoms with Gasteiger partial charge in [-0.25, -0.2) is 9.97 Å². The predicted molar refractivity (Wildman–Crippen MR) is 81.3 cm³/mol. The zero-order valence-corrected chi connectivity index (χ0v) is 12.4. The minimum absolute atomic E-state index is 0.475. The molecule has 0 saturated heterocycles. The summed E-state index contributed by atoms with van der Waals surface area (Å²) in [5.74, 6) is 0.667. The Labute approximate surface area is 126 Å². The molecular weight excluding hydrogens is 295 g/mol. The summed E-state index contributed by atoms with van der Waals surface area (Å²) in [4.78, 5) is 8.36. The van der Waals surface area contributed by atoms with E-state index >= 15 is 0 Å². The van der Waals surface area contributed by atoms with E-state index < -0.39 is 0 Å². The molecule has 0 radical (unpaired) electrons. The van der Waals surface area contributed by atoms with Gasteiger partial charge in [0.15, 0.2) is 11.3 Å². The topological polar surface area (TPSA) is 38.9 Å². The zero-order valence-electron chi connectivity index (χ0n) is 10.9. The lowest BCUT2D eigenvalue weighted by Gasteiger charge is -2.06. The predicted octanol–water partition coefficient (Wildman–Crippen LogP) is 5.15. The standard InChI is InChI=1S/C15H12Cl2N2O/c1-2-4-10-13(18-8-19-15(10)17)12-7-9-5-3-6-11(16)14(9)20-12/h3,5-8H,2,4H2,1H3. The highest BCUT2D eigenvalue weighted by Gasteiger charge is 2.16. The molecule has 20 heavy (non-hydrogen) atoms. The molecule has 0 fully saturated rings. The molecule has 0 unspecified atom stereocenters. The Hall–Kier alpha value is -1.58. The molecule has 2 heterocycles. The van der Waals surface area contributed by atoms with Gasteiger partial charge in [0.25, 0.3) is 0 Å². The van der Waals surface area contributed by atoms with Gasteiger partial charge in [0.2, 0.25) is 0 Å². The normalized spacial score (nSPS) is 11.2. The van der Waals surface area contributed by atoms with Crippen molar-refractivity contribution < 1.29 is 4.42 Å². The Balaban J connectivity index is 2.20. The molecule has 0 aliphatic rings. The van der Waals surface area contributed by atoms with Crippen LogP contribution < -0.4 is 0 Å². The Morgan fingerprint density at radius 2 is 2.05 bits per heavy atom. The van der Waals surface area contributed by atoms with Crippen LogP contribution in [-0.2, 0) is 6.42 Å². The van der Waals surface area contributed by atoms with E-state index in [1.807, 2.05) is 18.2 Å². The molecule has 0 spiro atoms. The van der Waals surface area contributed by atoms with Gasteiger partial charge < -0.3 is 4.42 Å². The van der Waals surface area contributed by atoms with E-state index in [9.17, 15) is 0 Å². The molecule has 0 saturated carbocycles. The van der Waals surface area contributed by atoms with Crippen LogP contribution in [0.3, 0.4) is 0 Å². The molecule has 3 rings (SSSR count). The Kier molecular flexibility index (Phi) is 3.64. The average Bonchev–Trinajstić information content (AvgIpc) is 2.86. The van der Waals surface area contributed by atoms with Crippen molar-refractivity contribution in [3.05, 3.63) is 46.3 Å². The fourth-order valence-electron chi connectivity index (χ4n) is 2.22. The maximum Gasteiger partial charge on any atom is 0.154 e. The zero-order chi connectivity index (χ0) is 14.1. The highest BCUT2D eigenvalue weighted by molar-refractivity contribution is 6.34. The fraction of sp³-hybridized carbons (Fsp3) is 0.200. The first-order chi connectivity index (χ1) is 9.70. The van der Waals surface area contributed by atoms with Crippen LogP contribution in [0.5, 0.6) is 0 Å². The number of para-hydroxylation sites is 1. The van der Waals surface area contributed by atoms with Gasteiger partial charge in [-0.15, -0.1) is 0 Å². The van der Waals surface area contributed by atoms with Gasteiger partial charge in [0, 0.05) is 10.9 Å². The molecule has 0 amide bonds. The van der Waals surface area contributed by atoms with Gasteiger partial charge in [0.1, 0.15) is 17.2 Å². The highest BCUT2D eigenvalue weighted by atomic mass is 35.5. The molecule has 0 bridgehead atoms. The van der Waals surface area contributed by atoms with Gasteiger partial charge in [-0.2, -0.15) is 0 Å². The Bertz CT molecular complexity index is 768. The van der Waals surface area contributed by atoms with Gasteiger partial charge in [-0.3, -0.25) is 0 Å². The van der Waals surface area contributed by atoms with E-state index in [-0.39, 0.29) is 0 Å². The van der Waals surface area contributed by atoms with Crippen molar-refractivity contribution in [2.45, 2.75) is 19.8 Å². The third kappa shape index (κ3) is 2.28. The molecule has 0 atom stereocenters. The SMILES string of the molecule is CCCc1c(Cl)ncnc1-c1cc2cccc(Cl)c2o1. The average molecular weight is 307 g/mol. The molecule has 102 valence electrons. The third-order valence-corrected chi connectivity index (χ3v) is 3.75. The monoisotopic (exact) mass is 306 g/mol. The van der Waals surface area contributed by atoms with Gasteiger partial charge >= 0.3 is 0 Å². The van der Waals surface area contributed by atoms with Crippen LogP contribution >= 0.6 is 23.2 Å². The van der Waals surface area contributed by atoms with Crippen LogP contribution in [0.25, 0.3) is 22.4 Å². The van der Waals surface area contributed by atoms with Gasteiger partial charge in [-0.1, -0.05) is 48.7 Å². The molecular formula is C15H12Cl2N2O. The number of benzene rings is 1. The first-order valence-corrected chi connectivity index (χ1v) is 7.14. The summed E-state index contributed by atoms with van der Waals surface area (Å²) in [5.41, 5.74) is 2.31. The van der Waals surface area contributed by atoms with Gasteiger partial charge in [0.05, 0.1) is 5.02 Å². The summed E-state index contributed by atoms with van der Waals surface area (Å²) >= 11 is 12.3. The van der Waals surface area contributed by atoms with Crippen molar-refractivity contribution in [3.63, 3.8) is 0 Å². The number of hydrogen-bond acceptors (Lipinski definition) is 3. The van der Waals surface area contributed by atoms with Crippen molar-refractivity contribution in [1.29, 1.82) is 0 Å². The number of fused-ring (bicyclic) bond motifs is 1. The molecule has 0 aliphatic heterocycles. The van der Waals surface area contributed by atoms with E-state index in [0.717, 1.165) is 29.5 Å². The molecule has 1 aromatic carbocycles. The van der Waals surface area contributed by atoms with Crippen LogP contribution in [0.2, 0.25) is 10.2 Å². The van der Waals surface area contributed by atoms with Crippen molar-refractivity contribution in [2.75, 3.05) is 0 Å². The number of hydrogen-bond donors (Lipinski definition) is 0. The minimum Gasteiger partial charge on any atom is -0.453 e. The number of aromatic nitrogens is 2. The van der Waals surface area contributed by atoms with Crippen molar-refractivity contribution >= 4 is 34.2 Å². The quantitative estimate of drug-likeness (QED) is 0.628. The summed E-state index contributed by atoms with van der Waals surface area (Å²) in [6, 6.07) is 7.58.